The monoisotopic (exact) mass is 357 g/mol. The highest BCUT2D eigenvalue weighted by Gasteiger charge is 2.48. The van der Waals surface area contributed by atoms with Gasteiger partial charge in [0.1, 0.15) is 11.7 Å². The summed E-state index contributed by atoms with van der Waals surface area (Å²) >= 11 is 0. The second kappa shape index (κ2) is 5.62. The molecule has 0 spiro atoms. The Bertz CT molecular complexity index is 702. The summed E-state index contributed by atoms with van der Waals surface area (Å²) in [5.41, 5.74) is 10.6. The summed E-state index contributed by atoms with van der Waals surface area (Å²) in [7, 11) is -8.77. The molecule has 0 saturated carbocycles. The fourth-order valence-corrected chi connectivity index (χ4v) is 3.30. The Morgan fingerprint density at radius 3 is 2.55 bits per heavy atom. The van der Waals surface area contributed by atoms with E-state index in [9.17, 15) is 21.6 Å². The molecule has 0 aliphatic carbocycles. The molecule has 126 valence electrons. The van der Waals surface area contributed by atoms with Crippen molar-refractivity contribution < 1.29 is 30.5 Å². The van der Waals surface area contributed by atoms with Gasteiger partial charge in [-0.05, 0) is 12.8 Å². The first kappa shape index (κ1) is 16.9. The first-order valence-electron chi connectivity index (χ1n) is 6.09. The summed E-state index contributed by atoms with van der Waals surface area (Å²) in [6.07, 6.45) is 0.554. The van der Waals surface area contributed by atoms with E-state index < -0.39 is 44.4 Å². The van der Waals surface area contributed by atoms with Crippen LogP contribution in [0.4, 0.5) is 4.79 Å². The molecule has 2 heterocycles. The molecule has 2 atom stereocenters. The van der Waals surface area contributed by atoms with Gasteiger partial charge < -0.3 is 16.4 Å². The van der Waals surface area contributed by atoms with Crippen LogP contribution in [0.5, 0.6) is 0 Å². The number of piperidine rings is 1. The molecule has 0 unspecified atom stereocenters. The highest BCUT2D eigenvalue weighted by Crippen LogP contribution is 2.30. The molecule has 2 bridgehead atoms. The minimum atomic E-state index is -4.85. The van der Waals surface area contributed by atoms with Crippen LogP contribution in [-0.2, 0) is 24.7 Å². The van der Waals surface area contributed by atoms with E-state index in [0.717, 1.165) is 4.90 Å². The van der Waals surface area contributed by atoms with Gasteiger partial charge in [-0.1, -0.05) is 0 Å². The molecule has 0 radical (unpaired) electrons. The summed E-state index contributed by atoms with van der Waals surface area (Å²) in [6.45, 7) is 0.0674. The number of hydroxylamine groups is 2. The summed E-state index contributed by atoms with van der Waals surface area (Å²) in [5, 5.41) is 0.528. The van der Waals surface area contributed by atoms with E-state index in [1.165, 1.54) is 0 Å². The molecule has 0 aromatic carbocycles. The number of fused-ring (bicyclic) bond motifs is 2. The van der Waals surface area contributed by atoms with E-state index in [2.05, 4.69) is 8.68 Å². The standard InChI is InChI=1S/C8H15N5O7S2/c9-4-21(15,16)11-7(10)6-2-1-5-3-12(6)8(14)13(5)20-22(17,18)19/h5-6H,1-4,9H2,(H2,10,11)(H,17,18,19)/t5-,6+/m1/s1. The molecule has 2 fully saturated rings. The number of nitrogens with two attached hydrogens (primary N) is 2. The van der Waals surface area contributed by atoms with E-state index >= 15 is 0 Å². The Morgan fingerprint density at radius 1 is 1.36 bits per heavy atom. The number of carbonyl (C=O) groups is 1. The highest BCUT2D eigenvalue weighted by atomic mass is 32.3. The Balaban J connectivity index is 2.23. The Kier molecular flexibility index (Phi) is 4.31. The number of amides is 2. The quantitative estimate of drug-likeness (QED) is 0.274. The fourth-order valence-electron chi connectivity index (χ4n) is 2.40. The lowest BCUT2D eigenvalue weighted by atomic mass is 10.0. The topological polar surface area (TPSA) is 186 Å². The third-order valence-electron chi connectivity index (χ3n) is 3.29. The van der Waals surface area contributed by atoms with Crippen molar-refractivity contribution in [2.75, 3.05) is 12.4 Å². The molecule has 14 heteroatoms. The van der Waals surface area contributed by atoms with Crippen LogP contribution in [0.15, 0.2) is 4.40 Å². The van der Waals surface area contributed by atoms with Gasteiger partial charge in [0.2, 0.25) is 0 Å². The van der Waals surface area contributed by atoms with Gasteiger partial charge in [-0.25, -0.2) is 13.2 Å². The van der Waals surface area contributed by atoms with Crippen LogP contribution in [0.3, 0.4) is 0 Å². The van der Waals surface area contributed by atoms with E-state index in [1.807, 2.05) is 0 Å². The van der Waals surface area contributed by atoms with Crippen molar-refractivity contribution in [2.24, 2.45) is 15.9 Å². The van der Waals surface area contributed by atoms with E-state index in [4.69, 9.17) is 16.0 Å². The van der Waals surface area contributed by atoms with Gasteiger partial charge in [0.15, 0.2) is 0 Å². The first-order valence-corrected chi connectivity index (χ1v) is 9.06. The molecule has 2 aliphatic heterocycles. The van der Waals surface area contributed by atoms with Gasteiger partial charge in [0.25, 0.3) is 10.0 Å². The average Bonchev–Trinajstić information content (AvgIpc) is 2.62. The van der Waals surface area contributed by atoms with Crippen molar-refractivity contribution in [1.29, 1.82) is 0 Å². The average molecular weight is 357 g/mol. The lowest BCUT2D eigenvalue weighted by Crippen LogP contribution is -2.48. The van der Waals surface area contributed by atoms with Gasteiger partial charge in [-0.3, -0.25) is 4.55 Å². The van der Waals surface area contributed by atoms with Crippen molar-refractivity contribution in [3.05, 3.63) is 0 Å². The maximum absolute atomic E-state index is 12.1. The molecule has 22 heavy (non-hydrogen) atoms. The molecule has 2 rings (SSSR count). The largest absolute Gasteiger partial charge is 0.418 e. The zero-order valence-corrected chi connectivity index (χ0v) is 12.8. The third kappa shape index (κ3) is 3.46. The molecular weight excluding hydrogens is 342 g/mol. The van der Waals surface area contributed by atoms with E-state index in [0.29, 0.717) is 11.5 Å². The molecule has 5 N–H and O–H groups in total. The molecule has 12 nitrogen and oxygen atoms in total. The smallest absolute Gasteiger partial charge is 0.385 e. The third-order valence-corrected chi connectivity index (χ3v) is 4.55. The molecule has 0 aromatic heterocycles. The Labute approximate surface area is 126 Å². The minimum absolute atomic E-state index is 0.0674. The predicted octanol–water partition coefficient (Wildman–Crippen LogP) is -2.41. The van der Waals surface area contributed by atoms with Crippen molar-refractivity contribution >= 4 is 32.3 Å². The van der Waals surface area contributed by atoms with Crippen molar-refractivity contribution in [3.8, 4) is 0 Å². The maximum Gasteiger partial charge on any atom is 0.418 e. The second-order valence-electron chi connectivity index (χ2n) is 4.77. The number of hydrogen-bond donors (Lipinski definition) is 3. The van der Waals surface area contributed by atoms with Crippen LogP contribution in [-0.4, -0.2) is 67.7 Å². The van der Waals surface area contributed by atoms with Crippen molar-refractivity contribution in [3.63, 3.8) is 0 Å². The SMILES string of the molecule is NCS(=O)(=O)N=C(N)[C@@H]1CC[C@@H]2CN1C(=O)N2OS(=O)(=O)O. The van der Waals surface area contributed by atoms with Crippen LogP contribution in [0.2, 0.25) is 0 Å². The van der Waals surface area contributed by atoms with E-state index in [1.54, 1.807) is 0 Å². The number of carbonyl (C=O) groups excluding carboxylic acids is 1. The molecule has 0 aromatic rings. The molecule has 2 amide bonds. The number of urea groups is 1. The lowest BCUT2D eigenvalue weighted by molar-refractivity contribution is -0.0316. The van der Waals surface area contributed by atoms with Gasteiger partial charge in [-0.2, -0.15) is 13.5 Å². The lowest BCUT2D eigenvalue weighted by Gasteiger charge is -2.29. The first-order chi connectivity index (χ1) is 10.0. The zero-order chi connectivity index (χ0) is 16.7. The summed E-state index contributed by atoms with van der Waals surface area (Å²) in [4.78, 5) is 13.2. The number of hydrogen-bond acceptors (Lipinski definition) is 7. The Hall–Kier alpha value is -1.48. The van der Waals surface area contributed by atoms with E-state index in [-0.39, 0.29) is 18.8 Å². The number of nitrogens with zero attached hydrogens (tertiary/aromatic N) is 3. The maximum atomic E-state index is 12.1. The Morgan fingerprint density at radius 2 is 2.00 bits per heavy atom. The minimum Gasteiger partial charge on any atom is -0.385 e. The summed E-state index contributed by atoms with van der Waals surface area (Å²) in [5.74, 6) is -1.04. The van der Waals surface area contributed by atoms with Crippen molar-refractivity contribution in [1.82, 2.24) is 9.96 Å². The molecule has 2 saturated heterocycles. The second-order valence-corrected chi connectivity index (χ2v) is 7.46. The molecular formula is C8H15N5O7S2. The van der Waals surface area contributed by atoms with Gasteiger partial charge in [0, 0.05) is 6.54 Å². The zero-order valence-electron chi connectivity index (χ0n) is 11.2. The predicted molar refractivity (Wildman–Crippen MR) is 73.0 cm³/mol. The molecule has 2 aliphatic rings. The summed E-state index contributed by atoms with van der Waals surface area (Å²) < 4.78 is 60.4. The van der Waals surface area contributed by atoms with Crippen LogP contribution < -0.4 is 11.5 Å². The van der Waals surface area contributed by atoms with Crippen LogP contribution in [0, 0.1) is 0 Å². The number of sulfonamides is 1. The number of rotatable bonds is 5. The normalized spacial score (nSPS) is 26.6. The van der Waals surface area contributed by atoms with Gasteiger partial charge >= 0.3 is 16.4 Å². The van der Waals surface area contributed by atoms with Gasteiger partial charge in [0.05, 0.1) is 12.1 Å². The summed E-state index contributed by atoms with van der Waals surface area (Å²) in [6, 6.07) is -2.27. The fraction of sp³-hybridized carbons (Fsp3) is 0.750. The number of amidine groups is 1. The van der Waals surface area contributed by atoms with Gasteiger partial charge in [-0.15, -0.1) is 8.68 Å². The van der Waals surface area contributed by atoms with Crippen LogP contribution >= 0.6 is 0 Å². The highest BCUT2D eigenvalue weighted by molar-refractivity contribution is 7.90. The van der Waals surface area contributed by atoms with Crippen LogP contribution in [0.25, 0.3) is 0 Å². The van der Waals surface area contributed by atoms with Crippen molar-refractivity contribution in [2.45, 2.75) is 24.9 Å². The van der Waals surface area contributed by atoms with Crippen LogP contribution in [0.1, 0.15) is 12.8 Å².